The Hall–Kier alpha value is -2.04. The number of amides is 2. The average Bonchev–Trinajstić information content (AvgIpc) is 2.94. The van der Waals surface area contributed by atoms with E-state index in [2.05, 4.69) is 5.32 Å². The van der Waals surface area contributed by atoms with Crippen molar-refractivity contribution in [3.63, 3.8) is 0 Å². The van der Waals surface area contributed by atoms with E-state index in [4.69, 9.17) is 23.2 Å². The summed E-state index contributed by atoms with van der Waals surface area (Å²) in [5.41, 5.74) is 4.67. The van der Waals surface area contributed by atoms with Crippen LogP contribution in [0.15, 0.2) is 30.3 Å². The third-order valence-corrected chi connectivity index (χ3v) is 5.55. The maximum Gasteiger partial charge on any atom is 0.251 e. The summed E-state index contributed by atoms with van der Waals surface area (Å²) in [5, 5.41) is 4.14. The van der Waals surface area contributed by atoms with Gasteiger partial charge in [0, 0.05) is 28.7 Å². The normalized spacial score (nSPS) is 15.2. The lowest BCUT2D eigenvalue weighted by molar-refractivity contribution is -0.117. The molecule has 0 aliphatic carbocycles. The molecule has 2 aliphatic heterocycles. The van der Waals surface area contributed by atoms with Crippen molar-refractivity contribution in [2.24, 2.45) is 0 Å². The molecule has 4 rings (SSSR count). The number of nitrogens with zero attached hydrogens (tertiary/aromatic N) is 1. The minimum Gasteiger partial charge on any atom is -0.352 e. The largest absolute Gasteiger partial charge is 0.352 e. The Labute approximate surface area is 162 Å². The van der Waals surface area contributed by atoms with Gasteiger partial charge in [-0.05, 0) is 60.2 Å². The van der Waals surface area contributed by atoms with Crippen LogP contribution in [0.2, 0.25) is 10.0 Å². The van der Waals surface area contributed by atoms with Crippen molar-refractivity contribution in [3.8, 4) is 0 Å². The van der Waals surface area contributed by atoms with E-state index in [9.17, 15) is 9.59 Å². The molecule has 2 aromatic carbocycles. The first kappa shape index (κ1) is 17.4. The third-order valence-electron chi connectivity index (χ3n) is 4.97. The van der Waals surface area contributed by atoms with E-state index in [-0.39, 0.29) is 11.8 Å². The van der Waals surface area contributed by atoms with Crippen LogP contribution in [0.5, 0.6) is 0 Å². The van der Waals surface area contributed by atoms with Crippen molar-refractivity contribution in [2.45, 2.75) is 25.7 Å². The molecule has 0 aromatic heterocycles. The maximum atomic E-state index is 12.6. The van der Waals surface area contributed by atoms with Gasteiger partial charge in [-0.2, -0.15) is 0 Å². The van der Waals surface area contributed by atoms with Crippen LogP contribution in [0.4, 0.5) is 5.69 Å². The van der Waals surface area contributed by atoms with E-state index >= 15 is 0 Å². The van der Waals surface area contributed by atoms with Gasteiger partial charge in [-0.15, -0.1) is 0 Å². The van der Waals surface area contributed by atoms with Crippen LogP contribution in [0.3, 0.4) is 0 Å². The van der Waals surface area contributed by atoms with Crippen LogP contribution in [0.25, 0.3) is 0 Å². The van der Waals surface area contributed by atoms with Gasteiger partial charge >= 0.3 is 0 Å². The van der Waals surface area contributed by atoms with Gasteiger partial charge in [0.05, 0.1) is 12.1 Å². The molecule has 0 atom stereocenters. The highest BCUT2D eigenvalue weighted by atomic mass is 35.5. The van der Waals surface area contributed by atoms with Crippen LogP contribution >= 0.6 is 23.2 Å². The zero-order valence-electron chi connectivity index (χ0n) is 14.1. The van der Waals surface area contributed by atoms with Crippen LogP contribution < -0.4 is 10.2 Å². The zero-order valence-corrected chi connectivity index (χ0v) is 15.7. The van der Waals surface area contributed by atoms with Gasteiger partial charge in [-0.25, -0.2) is 0 Å². The van der Waals surface area contributed by atoms with Crippen molar-refractivity contribution in [2.75, 3.05) is 18.0 Å². The van der Waals surface area contributed by atoms with E-state index in [1.165, 1.54) is 0 Å². The molecular formula is C20H18Cl2N2O2. The molecule has 2 heterocycles. The van der Waals surface area contributed by atoms with Gasteiger partial charge in [0.15, 0.2) is 0 Å². The van der Waals surface area contributed by atoms with Crippen molar-refractivity contribution in [1.82, 2.24) is 5.32 Å². The second kappa shape index (κ2) is 6.93. The standard InChI is InChI=1S/C20H18Cl2N2O2/c21-16-4-3-12(17(22)11-16)5-6-23-20(26)15-8-13-2-1-7-24-18(25)10-14(9-15)19(13)24/h3-4,8-9,11H,1-2,5-7,10H2,(H,23,26). The molecule has 1 N–H and O–H groups in total. The summed E-state index contributed by atoms with van der Waals surface area (Å²) in [6.45, 7) is 1.27. The quantitative estimate of drug-likeness (QED) is 0.865. The van der Waals surface area contributed by atoms with E-state index in [1.54, 1.807) is 12.1 Å². The lowest BCUT2D eigenvalue weighted by atomic mass is 9.96. The van der Waals surface area contributed by atoms with Gasteiger partial charge in [0.1, 0.15) is 0 Å². The molecule has 0 bridgehead atoms. The van der Waals surface area contributed by atoms with Crippen LogP contribution in [-0.2, 0) is 24.1 Å². The lowest BCUT2D eigenvalue weighted by Crippen LogP contribution is -2.31. The number of hydrogen-bond donors (Lipinski definition) is 1. The monoisotopic (exact) mass is 388 g/mol. The predicted molar refractivity (Wildman–Crippen MR) is 103 cm³/mol. The first-order chi connectivity index (χ1) is 12.5. The Morgan fingerprint density at radius 3 is 2.77 bits per heavy atom. The van der Waals surface area contributed by atoms with E-state index in [0.717, 1.165) is 41.8 Å². The minimum absolute atomic E-state index is 0.120. The Morgan fingerprint density at radius 1 is 1.15 bits per heavy atom. The second-order valence-electron chi connectivity index (χ2n) is 6.71. The Bertz CT molecular complexity index is 911. The third kappa shape index (κ3) is 3.19. The number of halogens is 2. The second-order valence-corrected chi connectivity index (χ2v) is 7.55. The van der Waals surface area contributed by atoms with Gasteiger partial charge in [-0.3, -0.25) is 9.59 Å². The van der Waals surface area contributed by atoms with Crippen molar-refractivity contribution < 1.29 is 9.59 Å². The molecule has 2 aromatic rings. The van der Waals surface area contributed by atoms with Crippen molar-refractivity contribution in [3.05, 3.63) is 62.6 Å². The number of carbonyl (C=O) groups excluding carboxylic acids is 2. The smallest absolute Gasteiger partial charge is 0.251 e. The summed E-state index contributed by atoms with van der Waals surface area (Å²) < 4.78 is 0. The van der Waals surface area contributed by atoms with E-state index in [1.807, 2.05) is 23.1 Å². The number of anilines is 1. The molecule has 0 saturated heterocycles. The highest BCUT2D eigenvalue weighted by Crippen LogP contribution is 2.37. The number of aryl methyl sites for hydroxylation is 1. The molecule has 0 fully saturated rings. The van der Waals surface area contributed by atoms with Crippen LogP contribution in [0, 0.1) is 0 Å². The topological polar surface area (TPSA) is 49.4 Å². The van der Waals surface area contributed by atoms with E-state index in [0.29, 0.717) is 35.0 Å². The van der Waals surface area contributed by atoms with Gasteiger partial charge in [-0.1, -0.05) is 29.3 Å². The first-order valence-electron chi connectivity index (χ1n) is 8.71. The number of rotatable bonds is 4. The van der Waals surface area contributed by atoms with Gasteiger partial charge < -0.3 is 10.2 Å². The molecule has 134 valence electrons. The molecular weight excluding hydrogens is 371 g/mol. The van der Waals surface area contributed by atoms with Crippen LogP contribution in [0.1, 0.15) is 33.5 Å². The molecule has 0 unspecified atom stereocenters. The summed E-state index contributed by atoms with van der Waals surface area (Å²) in [6, 6.07) is 9.14. The van der Waals surface area contributed by atoms with Crippen LogP contribution in [-0.4, -0.2) is 24.9 Å². The molecule has 2 amide bonds. The Kier molecular flexibility index (Phi) is 4.63. The Morgan fingerprint density at radius 2 is 1.96 bits per heavy atom. The molecule has 0 radical (unpaired) electrons. The van der Waals surface area contributed by atoms with Crippen molar-refractivity contribution in [1.29, 1.82) is 0 Å². The molecule has 2 aliphatic rings. The average molecular weight is 389 g/mol. The maximum absolute atomic E-state index is 12.6. The zero-order chi connectivity index (χ0) is 18.3. The first-order valence-corrected chi connectivity index (χ1v) is 9.47. The van der Waals surface area contributed by atoms with Crippen molar-refractivity contribution >= 4 is 40.7 Å². The molecule has 0 saturated carbocycles. The summed E-state index contributed by atoms with van der Waals surface area (Å²) in [7, 11) is 0. The Balaban J connectivity index is 1.46. The van der Waals surface area contributed by atoms with E-state index < -0.39 is 0 Å². The number of hydrogen-bond acceptors (Lipinski definition) is 2. The predicted octanol–water partition coefficient (Wildman–Crippen LogP) is 3.80. The number of benzene rings is 2. The summed E-state index contributed by atoms with van der Waals surface area (Å²) >= 11 is 12.1. The molecule has 6 heteroatoms. The fourth-order valence-corrected chi connectivity index (χ4v) is 4.25. The molecule has 4 nitrogen and oxygen atoms in total. The van der Waals surface area contributed by atoms with Gasteiger partial charge in [0.25, 0.3) is 5.91 Å². The highest BCUT2D eigenvalue weighted by molar-refractivity contribution is 6.35. The highest BCUT2D eigenvalue weighted by Gasteiger charge is 2.32. The molecule has 0 spiro atoms. The minimum atomic E-state index is -0.120. The fraction of sp³-hybridized carbons (Fsp3) is 0.300. The summed E-state index contributed by atoms with van der Waals surface area (Å²) in [5.74, 6) is 0.0153. The fourth-order valence-electron chi connectivity index (χ4n) is 3.75. The SMILES string of the molecule is O=C(NCCc1ccc(Cl)cc1Cl)c1cc2c3c(c1)CC(=O)N3CCC2. The van der Waals surface area contributed by atoms with Gasteiger partial charge in [0.2, 0.25) is 5.91 Å². The number of nitrogens with one attached hydrogen (secondary N) is 1. The lowest BCUT2D eigenvalue weighted by Gasteiger charge is -2.25. The summed E-state index contributed by atoms with van der Waals surface area (Å²) in [4.78, 5) is 26.5. The summed E-state index contributed by atoms with van der Waals surface area (Å²) in [6.07, 6.45) is 2.88. The molecule has 26 heavy (non-hydrogen) atoms. The number of carbonyl (C=O) groups is 2.